The summed E-state index contributed by atoms with van der Waals surface area (Å²) in [5.41, 5.74) is 2.42. The largest absolute Gasteiger partial charge is 0.490 e. The molecule has 1 fully saturated rings. The second kappa shape index (κ2) is 11.8. The van der Waals surface area contributed by atoms with E-state index < -0.39 is 12.1 Å². The van der Waals surface area contributed by atoms with Crippen LogP contribution in [0.4, 0.5) is 13.2 Å². The predicted octanol–water partition coefficient (Wildman–Crippen LogP) is 2.17. The molecule has 1 unspecified atom stereocenters. The summed E-state index contributed by atoms with van der Waals surface area (Å²) in [5, 5.41) is 18.7. The van der Waals surface area contributed by atoms with E-state index >= 15 is 0 Å². The summed E-state index contributed by atoms with van der Waals surface area (Å²) in [6.45, 7) is 4.17. The molecular weight excluding hydrogens is 493 g/mol. The lowest BCUT2D eigenvalue weighted by molar-refractivity contribution is -0.192. The molecule has 0 bridgehead atoms. The standard InChI is InChI=1S/C22H26N6O2.C2HF3O2/c1-16(29)27-13-12-26(2)19(15-27)21-25-24-20-9-8-18(14-28(20)21)22(30)23-11-10-17-6-4-3-5-7-17;3-2(4,5)1(6)7/h3-9,14,19H,10-13,15H2,1-2H3,(H,23,30);(H,6,7). The van der Waals surface area contributed by atoms with E-state index in [9.17, 15) is 22.8 Å². The summed E-state index contributed by atoms with van der Waals surface area (Å²) < 4.78 is 33.6. The van der Waals surface area contributed by atoms with Crippen LogP contribution in [0.5, 0.6) is 0 Å². The van der Waals surface area contributed by atoms with Gasteiger partial charge in [0.25, 0.3) is 5.91 Å². The molecule has 1 saturated heterocycles. The molecule has 1 atom stereocenters. The van der Waals surface area contributed by atoms with Crippen molar-refractivity contribution in [2.24, 2.45) is 0 Å². The van der Waals surface area contributed by atoms with Crippen molar-refractivity contribution in [1.82, 2.24) is 29.7 Å². The first kappa shape index (κ1) is 27.6. The number of benzene rings is 1. The Hall–Kier alpha value is -4.00. The van der Waals surface area contributed by atoms with Gasteiger partial charge in [0.05, 0.1) is 11.6 Å². The van der Waals surface area contributed by atoms with Gasteiger partial charge in [-0.05, 0) is 31.2 Å². The Bertz CT molecular complexity index is 1250. The van der Waals surface area contributed by atoms with E-state index in [1.165, 1.54) is 5.56 Å². The molecule has 3 aromatic rings. The number of carbonyl (C=O) groups excluding carboxylic acids is 2. The van der Waals surface area contributed by atoms with Gasteiger partial charge in [-0.2, -0.15) is 13.2 Å². The van der Waals surface area contributed by atoms with Crippen molar-refractivity contribution in [1.29, 1.82) is 0 Å². The predicted molar refractivity (Wildman–Crippen MR) is 127 cm³/mol. The minimum Gasteiger partial charge on any atom is -0.475 e. The maximum atomic E-state index is 12.7. The van der Waals surface area contributed by atoms with Crippen LogP contribution in [-0.4, -0.2) is 86.7 Å². The number of halogens is 3. The number of piperazine rings is 1. The molecule has 2 amide bonds. The van der Waals surface area contributed by atoms with Crippen molar-refractivity contribution in [2.75, 3.05) is 33.2 Å². The fourth-order valence-corrected chi connectivity index (χ4v) is 3.78. The Morgan fingerprint density at radius 1 is 1.08 bits per heavy atom. The third-order valence-electron chi connectivity index (χ3n) is 5.87. The monoisotopic (exact) mass is 520 g/mol. The average Bonchev–Trinajstić information content (AvgIpc) is 3.27. The fraction of sp³-hybridized carbons (Fsp3) is 0.375. The quantitative estimate of drug-likeness (QED) is 0.529. The number of fused-ring (bicyclic) bond motifs is 1. The van der Waals surface area contributed by atoms with E-state index in [1.54, 1.807) is 25.3 Å². The SMILES string of the molecule is CC(=O)N1CCN(C)C(c2nnc3ccc(C(=O)NCCc4ccccc4)cn23)C1.O=C(O)C(F)(F)F. The van der Waals surface area contributed by atoms with Gasteiger partial charge in [-0.3, -0.25) is 18.9 Å². The smallest absolute Gasteiger partial charge is 0.475 e. The zero-order valence-corrected chi connectivity index (χ0v) is 20.3. The lowest BCUT2D eigenvalue weighted by Crippen LogP contribution is -2.48. The molecule has 4 rings (SSSR count). The van der Waals surface area contributed by atoms with E-state index in [2.05, 4.69) is 20.4 Å². The molecule has 1 aliphatic heterocycles. The van der Waals surface area contributed by atoms with E-state index in [0.717, 1.165) is 18.8 Å². The van der Waals surface area contributed by atoms with Gasteiger partial charge < -0.3 is 15.3 Å². The number of carboxylic acids is 1. The van der Waals surface area contributed by atoms with Crippen molar-refractivity contribution in [3.8, 4) is 0 Å². The highest BCUT2D eigenvalue weighted by atomic mass is 19.4. The molecule has 2 aromatic heterocycles. The van der Waals surface area contributed by atoms with Gasteiger partial charge in [-0.25, -0.2) is 4.79 Å². The third-order valence-corrected chi connectivity index (χ3v) is 5.87. The fourth-order valence-electron chi connectivity index (χ4n) is 3.78. The van der Waals surface area contributed by atoms with Gasteiger partial charge in [0.15, 0.2) is 11.5 Å². The molecule has 1 aliphatic rings. The van der Waals surface area contributed by atoms with Gasteiger partial charge in [-0.1, -0.05) is 30.3 Å². The Balaban J connectivity index is 0.000000479. The number of pyridine rings is 1. The van der Waals surface area contributed by atoms with Crippen LogP contribution in [0.3, 0.4) is 0 Å². The van der Waals surface area contributed by atoms with Crippen LogP contribution in [-0.2, 0) is 16.0 Å². The molecule has 37 heavy (non-hydrogen) atoms. The number of likely N-dealkylation sites (N-methyl/N-ethyl adjacent to an activating group) is 1. The molecule has 3 heterocycles. The number of alkyl halides is 3. The molecule has 0 aliphatic carbocycles. The van der Waals surface area contributed by atoms with Crippen LogP contribution in [0.2, 0.25) is 0 Å². The molecular formula is C24H27F3N6O4. The summed E-state index contributed by atoms with van der Waals surface area (Å²) in [4.78, 5) is 37.4. The van der Waals surface area contributed by atoms with Crippen molar-refractivity contribution in [2.45, 2.75) is 25.6 Å². The van der Waals surface area contributed by atoms with E-state index in [1.807, 2.05) is 46.7 Å². The number of aliphatic carboxylic acids is 1. The molecule has 0 saturated carbocycles. The summed E-state index contributed by atoms with van der Waals surface area (Å²) in [7, 11) is 2.02. The second-order valence-electron chi connectivity index (χ2n) is 8.46. The highest BCUT2D eigenvalue weighted by Crippen LogP contribution is 2.23. The van der Waals surface area contributed by atoms with Crippen molar-refractivity contribution in [3.05, 3.63) is 65.6 Å². The van der Waals surface area contributed by atoms with Crippen LogP contribution < -0.4 is 5.32 Å². The summed E-state index contributed by atoms with van der Waals surface area (Å²) in [5.74, 6) is -2.10. The van der Waals surface area contributed by atoms with Crippen molar-refractivity contribution in [3.63, 3.8) is 0 Å². The molecule has 198 valence electrons. The molecule has 0 spiro atoms. The number of nitrogens with zero attached hydrogens (tertiary/aromatic N) is 5. The highest BCUT2D eigenvalue weighted by molar-refractivity contribution is 5.94. The normalized spacial score (nSPS) is 16.1. The number of amides is 2. The highest BCUT2D eigenvalue weighted by Gasteiger charge is 2.38. The number of nitrogens with one attached hydrogen (secondary N) is 1. The minimum absolute atomic E-state index is 0.0559. The number of hydrogen-bond donors (Lipinski definition) is 2. The van der Waals surface area contributed by atoms with Crippen molar-refractivity contribution >= 4 is 23.4 Å². The summed E-state index contributed by atoms with van der Waals surface area (Å²) in [6, 6.07) is 13.6. The first-order valence-corrected chi connectivity index (χ1v) is 11.4. The Morgan fingerprint density at radius 3 is 2.38 bits per heavy atom. The topological polar surface area (TPSA) is 120 Å². The van der Waals surface area contributed by atoms with E-state index in [-0.39, 0.29) is 17.9 Å². The van der Waals surface area contributed by atoms with Crippen LogP contribution in [0.25, 0.3) is 5.65 Å². The van der Waals surface area contributed by atoms with Crippen LogP contribution in [0.1, 0.15) is 34.7 Å². The van der Waals surface area contributed by atoms with Gasteiger partial charge in [-0.15, -0.1) is 10.2 Å². The molecule has 10 nitrogen and oxygen atoms in total. The third kappa shape index (κ3) is 7.26. The average molecular weight is 521 g/mol. The van der Waals surface area contributed by atoms with Gasteiger partial charge in [0.2, 0.25) is 5.91 Å². The zero-order chi connectivity index (χ0) is 27.2. The minimum atomic E-state index is -5.08. The Morgan fingerprint density at radius 2 is 1.76 bits per heavy atom. The second-order valence-corrected chi connectivity index (χ2v) is 8.46. The molecule has 1 aromatic carbocycles. The van der Waals surface area contributed by atoms with Gasteiger partial charge in [0.1, 0.15) is 0 Å². The van der Waals surface area contributed by atoms with Crippen LogP contribution in [0.15, 0.2) is 48.7 Å². The first-order chi connectivity index (χ1) is 17.5. The lowest BCUT2D eigenvalue weighted by Gasteiger charge is -2.38. The maximum Gasteiger partial charge on any atom is 0.490 e. The molecule has 2 N–H and O–H groups in total. The lowest BCUT2D eigenvalue weighted by atomic mass is 10.1. The zero-order valence-electron chi connectivity index (χ0n) is 20.3. The maximum absolute atomic E-state index is 12.7. The van der Waals surface area contributed by atoms with E-state index in [0.29, 0.717) is 30.8 Å². The Labute approximate surface area is 210 Å². The summed E-state index contributed by atoms with van der Waals surface area (Å²) in [6.07, 6.45) is -2.52. The van der Waals surface area contributed by atoms with E-state index in [4.69, 9.17) is 9.90 Å². The van der Waals surface area contributed by atoms with Gasteiger partial charge >= 0.3 is 12.1 Å². The molecule has 0 radical (unpaired) electrons. The number of carboxylic acid groups (broad SMARTS) is 1. The number of aromatic nitrogens is 3. The number of rotatable bonds is 5. The number of hydrogen-bond acceptors (Lipinski definition) is 6. The first-order valence-electron chi connectivity index (χ1n) is 11.4. The number of carbonyl (C=O) groups is 3. The van der Waals surface area contributed by atoms with Crippen LogP contribution >= 0.6 is 0 Å². The van der Waals surface area contributed by atoms with Gasteiger partial charge in [0, 0.05) is 39.3 Å². The summed E-state index contributed by atoms with van der Waals surface area (Å²) >= 11 is 0. The van der Waals surface area contributed by atoms with Crippen LogP contribution in [0, 0.1) is 0 Å². The Kier molecular flexibility index (Phi) is 8.81. The van der Waals surface area contributed by atoms with Crippen molar-refractivity contribution < 1.29 is 32.7 Å². The molecule has 13 heteroatoms.